The van der Waals surface area contributed by atoms with Crippen LogP contribution in [0.2, 0.25) is 5.02 Å². The van der Waals surface area contributed by atoms with Gasteiger partial charge in [-0.3, -0.25) is 14.2 Å². The lowest BCUT2D eigenvalue weighted by Crippen LogP contribution is -2.41. The van der Waals surface area contributed by atoms with Gasteiger partial charge in [-0.05, 0) is 43.2 Å². The van der Waals surface area contributed by atoms with Gasteiger partial charge in [0.25, 0.3) is 11.5 Å². The summed E-state index contributed by atoms with van der Waals surface area (Å²) in [7, 11) is 0. The molecular formula is C31H24ClN3O4S. The zero-order valence-electron chi connectivity index (χ0n) is 21.8. The molecule has 3 aromatic carbocycles. The second-order valence-corrected chi connectivity index (χ2v) is 10.9. The number of carbonyl (C=O) groups is 2. The molecule has 0 saturated carbocycles. The minimum Gasteiger partial charge on any atom is -0.463 e. The first-order valence-electron chi connectivity index (χ1n) is 12.8. The van der Waals surface area contributed by atoms with Crippen molar-refractivity contribution in [3.8, 4) is 0 Å². The summed E-state index contributed by atoms with van der Waals surface area (Å²) < 4.78 is 7.13. The third-order valence-electron chi connectivity index (χ3n) is 7.01. The zero-order chi connectivity index (χ0) is 28.0. The Morgan fingerprint density at radius 2 is 1.70 bits per heavy atom. The highest BCUT2D eigenvalue weighted by Crippen LogP contribution is 2.36. The van der Waals surface area contributed by atoms with E-state index in [-0.39, 0.29) is 22.6 Å². The van der Waals surface area contributed by atoms with Gasteiger partial charge in [0.2, 0.25) is 0 Å². The SMILES string of the molecule is CCOC(=O)C1=C(C)N=c2s/c(=C3\C(=O)N(Cc4ccccc4)c4ccccc43)c(=O)n2[C@@H]1c1ccc(Cl)cc1. The Morgan fingerprint density at radius 1 is 1.00 bits per heavy atom. The first kappa shape index (κ1) is 26.0. The lowest BCUT2D eigenvalue weighted by molar-refractivity contribution is -0.139. The van der Waals surface area contributed by atoms with Crippen molar-refractivity contribution in [2.24, 2.45) is 4.99 Å². The van der Waals surface area contributed by atoms with Crippen molar-refractivity contribution in [1.29, 1.82) is 0 Å². The Kier molecular flexibility index (Phi) is 6.73. The van der Waals surface area contributed by atoms with E-state index in [1.807, 2.05) is 54.6 Å². The van der Waals surface area contributed by atoms with Crippen molar-refractivity contribution in [3.05, 3.63) is 132 Å². The molecule has 0 bridgehead atoms. The van der Waals surface area contributed by atoms with E-state index in [9.17, 15) is 14.4 Å². The van der Waals surface area contributed by atoms with E-state index < -0.39 is 17.6 Å². The van der Waals surface area contributed by atoms with E-state index in [4.69, 9.17) is 16.3 Å². The third-order valence-corrected chi connectivity index (χ3v) is 8.32. The number of aromatic nitrogens is 1. The van der Waals surface area contributed by atoms with Crippen LogP contribution in [0.3, 0.4) is 0 Å². The number of thiazole rings is 1. The van der Waals surface area contributed by atoms with Crippen LogP contribution in [0.5, 0.6) is 0 Å². The molecule has 0 N–H and O–H groups in total. The van der Waals surface area contributed by atoms with Crippen molar-refractivity contribution in [2.45, 2.75) is 26.4 Å². The van der Waals surface area contributed by atoms with Crippen molar-refractivity contribution >= 4 is 46.1 Å². The molecule has 40 heavy (non-hydrogen) atoms. The fourth-order valence-corrected chi connectivity index (χ4v) is 6.49. The number of halogens is 1. The predicted octanol–water partition coefficient (Wildman–Crippen LogP) is 4.37. The van der Waals surface area contributed by atoms with Crippen molar-refractivity contribution < 1.29 is 14.3 Å². The molecule has 3 heterocycles. The molecule has 0 spiro atoms. The van der Waals surface area contributed by atoms with Crippen LogP contribution in [0.25, 0.3) is 5.57 Å². The average Bonchev–Trinajstić information content (AvgIpc) is 3.41. The van der Waals surface area contributed by atoms with Gasteiger partial charge < -0.3 is 9.64 Å². The Hall–Kier alpha value is -4.27. The monoisotopic (exact) mass is 569 g/mol. The molecule has 7 nitrogen and oxygen atoms in total. The number of hydrogen-bond acceptors (Lipinski definition) is 6. The van der Waals surface area contributed by atoms with Crippen molar-refractivity contribution in [1.82, 2.24) is 4.57 Å². The molecular weight excluding hydrogens is 546 g/mol. The minimum absolute atomic E-state index is 0.181. The molecule has 0 saturated heterocycles. The highest BCUT2D eigenvalue weighted by molar-refractivity contribution is 7.07. The van der Waals surface area contributed by atoms with Crippen LogP contribution in [0.1, 0.15) is 36.6 Å². The lowest BCUT2D eigenvalue weighted by Gasteiger charge is -2.24. The van der Waals surface area contributed by atoms with Gasteiger partial charge in [-0.2, -0.15) is 0 Å². The quantitative estimate of drug-likeness (QED) is 0.334. The Balaban J connectivity index is 1.58. The minimum atomic E-state index is -0.783. The van der Waals surface area contributed by atoms with Crippen LogP contribution in [0.4, 0.5) is 5.69 Å². The van der Waals surface area contributed by atoms with Crippen LogP contribution in [-0.4, -0.2) is 23.1 Å². The van der Waals surface area contributed by atoms with Gasteiger partial charge in [0.05, 0.1) is 41.7 Å². The van der Waals surface area contributed by atoms with Crippen molar-refractivity contribution in [2.75, 3.05) is 11.5 Å². The number of allylic oxidation sites excluding steroid dienone is 1. The van der Waals surface area contributed by atoms with Gasteiger partial charge in [0, 0.05) is 10.6 Å². The molecule has 0 aliphatic carbocycles. The number of amides is 1. The number of nitrogens with zero attached hydrogens (tertiary/aromatic N) is 3. The number of ether oxygens (including phenoxy) is 1. The van der Waals surface area contributed by atoms with Crippen LogP contribution in [0, 0.1) is 0 Å². The van der Waals surface area contributed by atoms with E-state index in [0.717, 1.165) is 22.6 Å². The van der Waals surface area contributed by atoms with Crippen LogP contribution in [-0.2, 0) is 20.9 Å². The molecule has 0 fully saturated rings. The summed E-state index contributed by atoms with van der Waals surface area (Å²) in [4.78, 5) is 48.1. The van der Waals surface area contributed by atoms with Crippen LogP contribution in [0.15, 0.2) is 99.9 Å². The summed E-state index contributed by atoms with van der Waals surface area (Å²) in [5, 5.41) is 0.531. The molecule has 200 valence electrons. The maximum Gasteiger partial charge on any atom is 0.338 e. The average molecular weight is 570 g/mol. The molecule has 2 aliphatic rings. The summed E-state index contributed by atoms with van der Waals surface area (Å²) in [5.74, 6) is -0.794. The summed E-state index contributed by atoms with van der Waals surface area (Å²) in [6.07, 6.45) is 0. The predicted molar refractivity (Wildman–Crippen MR) is 155 cm³/mol. The van der Waals surface area contributed by atoms with Gasteiger partial charge >= 0.3 is 5.97 Å². The first-order valence-corrected chi connectivity index (χ1v) is 14.0. The lowest BCUT2D eigenvalue weighted by atomic mass is 9.96. The maximum atomic E-state index is 14.2. The van der Waals surface area contributed by atoms with Crippen LogP contribution < -0.4 is 19.8 Å². The molecule has 9 heteroatoms. The summed E-state index contributed by atoms with van der Waals surface area (Å²) in [6, 6.07) is 23.4. The van der Waals surface area contributed by atoms with Gasteiger partial charge in [0.15, 0.2) is 4.80 Å². The maximum absolute atomic E-state index is 14.2. The van der Waals surface area contributed by atoms with E-state index in [2.05, 4.69) is 4.99 Å². The molecule has 1 atom stereocenters. The fourth-order valence-electron chi connectivity index (χ4n) is 5.22. The Bertz CT molecular complexity index is 1870. The first-order chi connectivity index (χ1) is 19.4. The zero-order valence-corrected chi connectivity index (χ0v) is 23.3. The van der Waals surface area contributed by atoms with E-state index in [0.29, 0.717) is 38.8 Å². The van der Waals surface area contributed by atoms with E-state index in [1.165, 1.54) is 4.57 Å². The second kappa shape index (κ2) is 10.4. The number of anilines is 1. The topological polar surface area (TPSA) is 81.0 Å². The van der Waals surface area contributed by atoms with Gasteiger partial charge in [-0.25, -0.2) is 9.79 Å². The van der Waals surface area contributed by atoms with Gasteiger partial charge in [-0.15, -0.1) is 0 Å². The highest BCUT2D eigenvalue weighted by Gasteiger charge is 2.37. The molecule has 4 aromatic rings. The molecule has 0 radical (unpaired) electrons. The molecule has 1 amide bonds. The molecule has 1 aromatic heterocycles. The van der Waals surface area contributed by atoms with Gasteiger partial charge in [0.1, 0.15) is 4.53 Å². The molecule has 0 unspecified atom stereocenters. The van der Waals surface area contributed by atoms with Gasteiger partial charge in [-0.1, -0.05) is 83.6 Å². The fraction of sp³-hybridized carbons (Fsp3) is 0.161. The second-order valence-electron chi connectivity index (χ2n) is 9.44. The summed E-state index contributed by atoms with van der Waals surface area (Å²) in [6.45, 7) is 4.01. The van der Waals surface area contributed by atoms with Crippen molar-refractivity contribution in [3.63, 3.8) is 0 Å². The number of esters is 1. The number of carbonyl (C=O) groups excluding carboxylic acids is 2. The largest absolute Gasteiger partial charge is 0.463 e. The standard InChI is InChI=1S/C31H24ClN3O4S/c1-3-39-30(38)24-18(2)33-31-35(26(24)20-13-15-21(32)16-14-20)29(37)27(40-31)25-22-11-7-8-12-23(22)34(28(25)36)17-19-9-5-4-6-10-19/h4-16,26H,3,17H2,1-2H3/b27-25-/t26-/m1/s1. The van der Waals surface area contributed by atoms with E-state index >= 15 is 0 Å². The Labute approximate surface area is 238 Å². The smallest absolute Gasteiger partial charge is 0.338 e. The number of benzene rings is 3. The molecule has 2 aliphatic heterocycles. The number of para-hydroxylation sites is 1. The summed E-state index contributed by atoms with van der Waals surface area (Å²) >= 11 is 7.31. The third kappa shape index (κ3) is 4.29. The number of fused-ring (bicyclic) bond motifs is 2. The molecule has 6 rings (SSSR count). The number of hydrogen-bond donors (Lipinski definition) is 0. The van der Waals surface area contributed by atoms with Crippen LogP contribution >= 0.6 is 22.9 Å². The Morgan fingerprint density at radius 3 is 2.42 bits per heavy atom. The highest BCUT2D eigenvalue weighted by atomic mass is 35.5. The normalized spacial score (nSPS) is 17.4. The number of rotatable bonds is 5. The van der Waals surface area contributed by atoms with E-state index in [1.54, 1.807) is 43.0 Å². The summed E-state index contributed by atoms with van der Waals surface area (Å²) in [5.41, 5.74) is 3.78.